The molecule has 0 aromatic heterocycles. The summed E-state index contributed by atoms with van der Waals surface area (Å²) in [7, 11) is 1.55. The zero-order valence-corrected chi connectivity index (χ0v) is 16.6. The average molecular weight is 406 g/mol. The van der Waals surface area contributed by atoms with Gasteiger partial charge in [-0.3, -0.25) is 4.79 Å². The minimum Gasteiger partial charge on any atom is -0.493 e. The number of hydrogen-bond acceptors (Lipinski definition) is 6. The van der Waals surface area contributed by atoms with Crippen molar-refractivity contribution in [1.29, 1.82) is 0 Å². The number of nitrogens with zero attached hydrogens (tertiary/aromatic N) is 1. The number of carbonyl (C=O) groups is 1. The van der Waals surface area contributed by atoms with Crippen LogP contribution in [0.3, 0.4) is 0 Å². The molecule has 134 valence electrons. The minimum absolute atomic E-state index is 0.0751. The maximum Gasteiger partial charge on any atom is 0.244 e. The first kappa shape index (κ1) is 18.9. The second-order valence-electron chi connectivity index (χ2n) is 5.31. The van der Waals surface area contributed by atoms with Crippen molar-refractivity contribution in [3.8, 4) is 11.5 Å². The van der Waals surface area contributed by atoms with Gasteiger partial charge in [0, 0.05) is 0 Å². The van der Waals surface area contributed by atoms with Gasteiger partial charge in [-0.1, -0.05) is 41.9 Å². The van der Waals surface area contributed by atoms with Gasteiger partial charge in [0.25, 0.3) is 0 Å². The molecule has 1 aliphatic heterocycles. The lowest BCUT2D eigenvalue weighted by Crippen LogP contribution is -1.99. The molecule has 0 fully saturated rings. The Morgan fingerprint density at radius 1 is 1.27 bits per heavy atom. The van der Waals surface area contributed by atoms with E-state index >= 15 is 0 Å². The van der Waals surface area contributed by atoms with Gasteiger partial charge in [-0.25, -0.2) is 4.99 Å². The summed E-state index contributed by atoms with van der Waals surface area (Å²) in [4.78, 5) is 16.3. The van der Waals surface area contributed by atoms with Gasteiger partial charge >= 0.3 is 0 Å². The Bertz CT molecular complexity index is 882. The summed E-state index contributed by atoms with van der Waals surface area (Å²) >= 11 is 8.97. The van der Waals surface area contributed by atoms with E-state index in [2.05, 4.69) is 4.99 Å². The zero-order chi connectivity index (χ0) is 18.5. The lowest BCUT2D eigenvalue weighted by molar-refractivity contribution is -0.107. The van der Waals surface area contributed by atoms with Gasteiger partial charge < -0.3 is 9.47 Å². The quantitative estimate of drug-likeness (QED) is 0.635. The molecule has 7 heteroatoms. The van der Waals surface area contributed by atoms with Gasteiger partial charge in [0.05, 0.1) is 12.1 Å². The van der Waals surface area contributed by atoms with E-state index in [0.717, 1.165) is 27.3 Å². The van der Waals surface area contributed by atoms with E-state index in [-0.39, 0.29) is 5.12 Å². The predicted molar refractivity (Wildman–Crippen MR) is 110 cm³/mol. The molecule has 0 spiro atoms. The molecule has 0 unspecified atom stereocenters. The van der Waals surface area contributed by atoms with Gasteiger partial charge in [0.2, 0.25) is 5.12 Å². The highest BCUT2D eigenvalue weighted by atomic mass is 35.5. The van der Waals surface area contributed by atoms with E-state index in [1.807, 2.05) is 36.6 Å². The van der Waals surface area contributed by atoms with Crippen molar-refractivity contribution < 1.29 is 14.3 Å². The topological polar surface area (TPSA) is 47.9 Å². The van der Waals surface area contributed by atoms with Crippen LogP contribution in [0.5, 0.6) is 11.5 Å². The summed E-state index contributed by atoms with van der Waals surface area (Å²) in [6.07, 6.45) is 3.59. The molecule has 1 aliphatic rings. The summed E-state index contributed by atoms with van der Waals surface area (Å²) in [6, 6.07) is 13.3. The van der Waals surface area contributed by atoms with Gasteiger partial charge in [-0.15, -0.1) is 11.8 Å². The number of hydrogen-bond donors (Lipinski definition) is 0. The standard InChI is InChI=1S/C19H16ClNO3S2/c1-23-16-10-13(9-15-18(22)26-19(21-15)25-2)8-14(20)17(16)24-11-12-6-4-3-5-7-12/h3-10H,11H2,1-2H3. The van der Waals surface area contributed by atoms with Crippen molar-refractivity contribution in [2.24, 2.45) is 4.99 Å². The highest BCUT2D eigenvalue weighted by Crippen LogP contribution is 2.38. The van der Waals surface area contributed by atoms with Gasteiger partial charge in [-0.05, 0) is 47.4 Å². The molecule has 0 saturated carbocycles. The monoisotopic (exact) mass is 405 g/mol. The van der Waals surface area contributed by atoms with Crippen molar-refractivity contribution in [2.45, 2.75) is 6.61 Å². The fourth-order valence-corrected chi connectivity index (χ4v) is 3.86. The molecular weight excluding hydrogens is 390 g/mol. The number of halogens is 1. The van der Waals surface area contributed by atoms with Crippen LogP contribution in [0.25, 0.3) is 6.08 Å². The van der Waals surface area contributed by atoms with E-state index in [1.165, 1.54) is 11.8 Å². The number of carbonyl (C=O) groups excluding carboxylic acids is 1. The van der Waals surface area contributed by atoms with Crippen molar-refractivity contribution in [2.75, 3.05) is 13.4 Å². The molecule has 0 radical (unpaired) electrons. The molecule has 4 nitrogen and oxygen atoms in total. The van der Waals surface area contributed by atoms with Crippen LogP contribution in [-0.2, 0) is 11.4 Å². The Morgan fingerprint density at radius 2 is 2.04 bits per heavy atom. The summed E-state index contributed by atoms with van der Waals surface area (Å²) < 4.78 is 12.0. The lowest BCUT2D eigenvalue weighted by Gasteiger charge is -2.13. The van der Waals surface area contributed by atoms with Crippen molar-refractivity contribution in [1.82, 2.24) is 0 Å². The largest absolute Gasteiger partial charge is 0.493 e. The van der Waals surface area contributed by atoms with Crippen LogP contribution >= 0.6 is 35.1 Å². The van der Waals surface area contributed by atoms with Crippen LogP contribution in [0.2, 0.25) is 5.02 Å². The molecule has 0 amide bonds. The third kappa shape index (κ3) is 4.44. The highest BCUT2D eigenvalue weighted by Gasteiger charge is 2.22. The van der Waals surface area contributed by atoms with Crippen LogP contribution in [0.1, 0.15) is 11.1 Å². The Kier molecular flexibility index (Phi) is 6.29. The molecule has 26 heavy (non-hydrogen) atoms. The molecule has 2 aromatic rings. The maximum absolute atomic E-state index is 12.0. The van der Waals surface area contributed by atoms with Crippen LogP contribution < -0.4 is 9.47 Å². The second-order valence-corrected chi connectivity index (χ2v) is 7.73. The summed E-state index contributed by atoms with van der Waals surface area (Å²) in [5, 5.41) is 0.341. The van der Waals surface area contributed by atoms with Crippen molar-refractivity contribution in [3.05, 3.63) is 64.3 Å². The predicted octanol–water partition coefficient (Wildman–Crippen LogP) is 5.26. The molecule has 3 rings (SSSR count). The Morgan fingerprint density at radius 3 is 2.69 bits per heavy atom. The minimum atomic E-state index is -0.0751. The first-order chi connectivity index (χ1) is 12.6. The number of thioether (sulfide) groups is 2. The second kappa shape index (κ2) is 8.66. The summed E-state index contributed by atoms with van der Waals surface area (Å²) in [5.74, 6) is 0.980. The molecular formula is C19H16ClNO3S2. The normalized spacial score (nSPS) is 15.3. The molecule has 0 bridgehead atoms. The van der Waals surface area contributed by atoms with Crippen LogP contribution in [0.4, 0.5) is 0 Å². The summed E-state index contributed by atoms with van der Waals surface area (Å²) in [5.41, 5.74) is 2.16. The van der Waals surface area contributed by atoms with Crippen LogP contribution in [-0.4, -0.2) is 22.9 Å². The fourth-order valence-electron chi connectivity index (χ4n) is 2.33. The van der Waals surface area contributed by atoms with E-state index in [0.29, 0.717) is 28.8 Å². The zero-order valence-electron chi connectivity index (χ0n) is 14.2. The van der Waals surface area contributed by atoms with Crippen molar-refractivity contribution >= 4 is 50.7 Å². The first-order valence-electron chi connectivity index (χ1n) is 7.71. The Labute approximate surface area is 165 Å². The molecule has 0 saturated heterocycles. The smallest absolute Gasteiger partial charge is 0.244 e. The van der Waals surface area contributed by atoms with Gasteiger partial charge in [0.1, 0.15) is 16.7 Å². The lowest BCUT2D eigenvalue weighted by atomic mass is 10.1. The molecule has 0 aliphatic carbocycles. The van der Waals surface area contributed by atoms with Gasteiger partial charge in [0.15, 0.2) is 11.5 Å². The Balaban J connectivity index is 1.85. The maximum atomic E-state index is 12.0. The van der Waals surface area contributed by atoms with Crippen LogP contribution in [0.15, 0.2) is 53.2 Å². The molecule has 1 heterocycles. The first-order valence-corrected chi connectivity index (χ1v) is 10.1. The van der Waals surface area contributed by atoms with E-state index < -0.39 is 0 Å². The van der Waals surface area contributed by atoms with Crippen molar-refractivity contribution in [3.63, 3.8) is 0 Å². The van der Waals surface area contributed by atoms with Gasteiger partial charge in [-0.2, -0.15) is 0 Å². The molecule has 0 N–H and O–H groups in total. The van der Waals surface area contributed by atoms with E-state index in [1.54, 1.807) is 25.3 Å². The van der Waals surface area contributed by atoms with E-state index in [9.17, 15) is 4.79 Å². The third-order valence-electron chi connectivity index (χ3n) is 3.56. The number of ether oxygens (including phenoxy) is 2. The SMILES string of the molecule is COc1cc(C=C2N=C(SC)SC2=O)cc(Cl)c1OCc1ccccc1. The number of rotatable bonds is 5. The average Bonchev–Trinajstić information content (AvgIpc) is 3.01. The summed E-state index contributed by atoms with van der Waals surface area (Å²) in [6.45, 7) is 0.383. The highest BCUT2D eigenvalue weighted by molar-refractivity contribution is 8.45. The molecule has 0 atom stereocenters. The van der Waals surface area contributed by atoms with Crippen LogP contribution in [0, 0.1) is 0 Å². The third-order valence-corrected chi connectivity index (χ3v) is 5.69. The number of aliphatic imine (C=N–C) groups is 1. The fraction of sp³-hybridized carbons (Fsp3) is 0.158. The number of methoxy groups -OCH3 is 1. The Hall–Kier alpha value is -1.89. The molecule has 2 aromatic carbocycles. The number of benzene rings is 2. The van der Waals surface area contributed by atoms with E-state index in [4.69, 9.17) is 21.1 Å².